The molecule has 4 nitrogen and oxygen atoms in total. The highest BCUT2D eigenvalue weighted by atomic mass is 32.1. The van der Waals surface area contributed by atoms with Crippen molar-refractivity contribution in [2.75, 3.05) is 7.11 Å². The van der Waals surface area contributed by atoms with Crippen molar-refractivity contribution in [3.05, 3.63) is 45.9 Å². The fourth-order valence-electron chi connectivity index (χ4n) is 2.09. The standard InChI is InChI=1S/C15H17NO3S/c1-10-16-13(9-20-10)8-12(15(17)18)6-11-4-3-5-14(7-11)19-2/h3-5,7,9,12H,6,8H2,1-2H3,(H,17,18). The molecule has 0 aliphatic rings. The third-order valence-electron chi connectivity index (χ3n) is 3.09. The fraction of sp³-hybridized carbons (Fsp3) is 0.333. The molecule has 0 aliphatic carbocycles. The van der Waals surface area contributed by atoms with Crippen molar-refractivity contribution in [3.63, 3.8) is 0 Å². The number of hydrogen-bond donors (Lipinski definition) is 1. The quantitative estimate of drug-likeness (QED) is 0.889. The summed E-state index contributed by atoms with van der Waals surface area (Å²) in [5.41, 5.74) is 1.81. The van der Waals surface area contributed by atoms with Crippen LogP contribution in [-0.2, 0) is 17.6 Å². The molecule has 0 saturated carbocycles. The van der Waals surface area contributed by atoms with E-state index < -0.39 is 11.9 Å². The van der Waals surface area contributed by atoms with Gasteiger partial charge < -0.3 is 9.84 Å². The minimum Gasteiger partial charge on any atom is -0.497 e. The number of thiazole rings is 1. The summed E-state index contributed by atoms with van der Waals surface area (Å²) in [6, 6.07) is 7.52. The largest absolute Gasteiger partial charge is 0.497 e. The lowest BCUT2D eigenvalue weighted by Crippen LogP contribution is -2.19. The van der Waals surface area contributed by atoms with Gasteiger partial charge in [-0.3, -0.25) is 4.79 Å². The van der Waals surface area contributed by atoms with Crippen molar-refractivity contribution in [1.82, 2.24) is 4.98 Å². The van der Waals surface area contributed by atoms with Crippen LogP contribution in [0.5, 0.6) is 5.75 Å². The van der Waals surface area contributed by atoms with Crippen LogP contribution in [0.3, 0.4) is 0 Å². The summed E-state index contributed by atoms with van der Waals surface area (Å²) in [7, 11) is 1.60. The predicted octanol–water partition coefficient (Wildman–Crippen LogP) is 2.95. The molecule has 1 unspecified atom stereocenters. The molecular weight excluding hydrogens is 274 g/mol. The lowest BCUT2D eigenvalue weighted by molar-refractivity contribution is -0.141. The number of aryl methyl sites for hydroxylation is 1. The van der Waals surface area contributed by atoms with Crippen LogP contribution in [0.4, 0.5) is 0 Å². The second-order valence-electron chi connectivity index (χ2n) is 4.65. The van der Waals surface area contributed by atoms with Gasteiger partial charge in [-0.05, 0) is 31.0 Å². The van der Waals surface area contributed by atoms with Crippen molar-refractivity contribution >= 4 is 17.3 Å². The third kappa shape index (κ3) is 3.81. The number of ether oxygens (including phenoxy) is 1. The highest BCUT2D eigenvalue weighted by molar-refractivity contribution is 7.09. The SMILES string of the molecule is COc1cccc(CC(Cc2csc(C)n2)C(=O)O)c1. The molecule has 0 aliphatic heterocycles. The zero-order chi connectivity index (χ0) is 14.5. The molecule has 106 valence electrons. The Morgan fingerprint density at radius 1 is 1.45 bits per heavy atom. The molecular formula is C15H17NO3S. The molecule has 1 aromatic carbocycles. The molecule has 2 rings (SSSR count). The van der Waals surface area contributed by atoms with E-state index in [0.717, 1.165) is 22.0 Å². The van der Waals surface area contributed by atoms with Crippen molar-refractivity contribution in [2.24, 2.45) is 5.92 Å². The monoisotopic (exact) mass is 291 g/mol. The Kier molecular flexibility index (Phi) is 4.74. The molecule has 0 fully saturated rings. The minimum atomic E-state index is -0.793. The van der Waals surface area contributed by atoms with Gasteiger partial charge in [-0.2, -0.15) is 0 Å². The van der Waals surface area contributed by atoms with E-state index in [1.165, 1.54) is 0 Å². The van der Waals surface area contributed by atoms with Gasteiger partial charge in [-0.25, -0.2) is 4.98 Å². The Hall–Kier alpha value is -1.88. The molecule has 1 N–H and O–H groups in total. The van der Waals surface area contributed by atoms with Crippen LogP contribution in [0.2, 0.25) is 0 Å². The molecule has 1 heterocycles. The highest BCUT2D eigenvalue weighted by Crippen LogP contribution is 2.20. The first-order valence-electron chi connectivity index (χ1n) is 6.35. The molecule has 20 heavy (non-hydrogen) atoms. The summed E-state index contributed by atoms with van der Waals surface area (Å²) in [5, 5.41) is 12.3. The van der Waals surface area contributed by atoms with E-state index in [9.17, 15) is 9.90 Å². The first-order valence-corrected chi connectivity index (χ1v) is 7.23. The molecule has 0 radical (unpaired) electrons. The topological polar surface area (TPSA) is 59.4 Å². The van der Waals surface area contributed by atoms with Gasteiger partial charge in [-0.15, -0.1) is 11.3 Å². The fourth-order valence-corrected chi connectivity index (χ4v) is 2.71. The van der Waals surface area contributed by atoms with Gasteiger partial charge in [0.2, 0.25) is 0 Å². The molecule has 1 aromatic heterocycles. The van der Waals surface area contributed by atoms with Crippen molar-refractivity contribution in [3.8, 4) is 5.75 Å². The molecule has 2 aromatic rings. The maximum absolute atomic E-state index is 11.4. The smallest absolute Gasteiger partial charge is 0.307 e. The van der Waals surface area contributed by atoms with Gasteiger partial charge in [0.15, 0.2) is 0 Å². The van der Waals surface area contributed by atoms with E-state index in [4.69, 9.17) is 4.74 Å². The van der Waals surface area contributed by atoms with Crippen LogP contribution in [0.1, 0.15) is 16.3 Å². The van der Waals surface area contributed by atoms with E-state index in [0.29, 0.717) is 12.8 Å². The number of carboxylic acids is 1. The third-order valence-corrected chi connectivity index (χ3v) is 3.91. The van der Waals surface area contributed by atoms with Crippen LogP contribution in [0, 0.1) is 12.8 Å². The molecule has 0 saturated heterocycles. The number of nitrogens with zero attached hydrogens (tertiary/aromatic N) is 1. The maximum atomic E-state index is 11.4. The lowest BCUT2D eigenvalue weighted by Gasteiger charge is -2.11. The van der Waals surface area contributed by atoms with Crippen LogP contribution in [-0.4, -0.2) is 23.2 Å². The Labute approximate surface area is 122 Å². The van der Waals surface area contributed by atoms with Crippen LogP contribution in [0.15, 0.2) is 29.6 Å². The maximum Gasteiger partial charge on any atom is 0.307 e. The molecule has 5 heteroatoms. The van der Waals surface area contributed by atoms with Crippen LogP contribution in [0.25, 0.3) is 0 Å². The van der Waals surface area contributed by atoms with Crippen molar-refractivity contribution in [1.29, 1.82) is 0 Å². The first kappa shape index (κ1) is 14.5. The Bertz CT molecular complexity index is 594. The number of rotatable bonds is 6. The second kappa shape index (κ2) is 6.52. The van der Waals surface area contributed by atoms with Gasteiger partial charge in [0.05, 0.1) is 23.7 Å². The number of aliphatic carboxylic acids is 1. The molecule has 1 atom stereocenters. The highest BCUT2D eigenvalue weighted by Gasteiger charge is 2.20. The zero-order valence-corrected chi connectivity index (χ0v) is 12.3. The summed E-state index contributed by atoms with van der Waals surface area (Å²) < 4.78 is 5.16. The van der Waals surface area contributed by atoms with E-state index in [1.807, 2.05) is 36.6 Å². The number of carboxylic acid groups (broad SMARTS) is 1. The van der Waals surface area contributed by atoms with Crippen molar-refractivity contribution in [2.45, 2.75) is 19.8 Å². The minimum absolute atomic E-state index is 0.455. The van der Waals surface area contributed by atoms with Gasteiger partial charge in [0.25, 0.3) is 0 Å². The molecule has 0 bridgehead atoms. The summed E-state index contributed by atoms with van der Waals surface area (Å²) in [6.45, 7) is 1.92. The average molecular weight is 291 g/mol. The van der Waals surface area contributed by atoms with Crippen molar-refractivity contribution < 1.29 is 14.6 Å². The van der Waals surface area contributed by atoms with E-state index >= 15 is 0 Å². The lowest BCUT2D eigenvalue weighted by atomic mass is 9.95. The first-order chi connectivity index (χ1) is 9.58. The molecule has 0 amide bonds. The zero-order valence-electron chi connectivity index (χ0n) is 11.5. The number of carbonyl (C=O) groups is 1. The van der Waals surface area contributed by atoms with Crippen LogP contribution < -0.4 is 4.74 Å². The molecule has 0 spiro atoms. The van der Waals surface area contributed by atoms with Gasteiger partial charge in [-0.1, -0.05) is 12.1 Å². The number of hydrogen-bond acceptors (Lipinski definition) is 4. The van der Waals surface area contributed by atoms with E-state index in [1.54, 1.807) is 18.4 Å². The Morgan fingerprint density at radius 2 is 2.25 bits per heavy atom. The number of methoxy groups -OCH3 is 1. The summed E-state index contributed by atoms with van der Waals surface area (Å²) in [5.74, 6) is -0.516. The summed E-state index contributed by atoms with van der Waals surface area (Å²) in [6.07, 6.45) is 0.931. The van der Waals surface area contributed by atoms with E-state index in [-0.39, 0.29) is 0 Å². The summed E-state index contributed by atoms with van der Waals surface area (Å²) in [4.78, 5) is 15.8. The summed E-state index contributed by atoms with van der Waals surface area (Å²) >= 11 is 1.55. The van der Waals surface area contributed by atoms with Gasteiger partial charge >= 0.3 is 5.97 Å². The average Bonchev–Trinajstić information content (AvgIpc) is 2.83. The van der Waals surface area contributed by atoms with Crippen LogP contribution >= 0.6 is 11.3 Å². The second-order valence-corrected chi connectivity index (χ2v) is 5.72. The Morgan fingerprint density at radius 3 is 2.85 bits per heavy atom. The van der Waals surface area contributed by atoms with Gasteiger partial charge in [0, 0.05) is 11.8 Å². The number of benzene rings is 1. The Balaban J connectivity index is 2.10. The predicted molar refractivity (Wildman–Crippen MR) is 78.4 cm³/mol. The number of aromatic nitrogens is 1. The van der Waals surface area contributed by atoms with E-state index in [2.05, 4.69) is 4.98 Å². The normalized spacial score (nSPS) is 12.1. The van der Waals surface area contributed by atoms with Gasteiger partial charge in [0.1, 0.15) is 5.75 Å².